The summed E-state index contributed by atoms with van der Waals surface area (Å²) in [5.41, 5.74) is 6.11. The minimum Gasteiger partial charge on any atom is -0.379 e. The molecule has 0 aromatic rings. The lowest BCUT2D eigenvalue weighted by Crippen LogP contribution is -2.42. The summed E-state index contributed by atoms with van der Waals surface area (Å²) in [7, 11) is 0. The molecule has 2 aliphatic rings. The molecule has 2 fully saturated rings. The lowest BCUT2D eigenvalue weighted by Gasteiger charge is -2.36. The number of rotatable bonds is 2. The molecule has 3 unspecified atom stereocenters. The highest BCUT2D eigenvalue weighted by Crippen LogP contribution is 2.35. The van der Waals surface area contributed by atoms with Crippen molar-refractivity contribution < 1.29 is 4.74 Å². The van der Waals surface area contributed by atoms with E-state index < -0.39 is 0 Å². The van der Waals surface area contributed by atoms with Crippen molar-refractivity contribution in [2.75, 3.05) is 13.2 Å². The maximum atomic E-state index is 6.11. The average Bonchev–Trinajstić information content (AvgIpc) is 2.03. The molecule has 2 nitrogen and oxygen atoms in total. The summed E-state index contributed by atoms with van der Waals surface area (Å²) in [6.07, 6.45) is 3.84. The number of hydrogen-bond acceptors (Lipinski definition) is 3. The topological polar surface area (TPSA) is 35.2 Å². The molecule has 0 radical (unpaired) electrons. The smallest absolute Gasteiger partial charge is 0.0608 e. The van der Waals surface area contributed by atoms with Crippen LogP contribution in [0.3, 0.4) is 0 Å². The van der Waals surface area contributed by atoms with Crippen LogP contribution in [0.25, 0.3) is 0 Å². The Bertz CT molecular complexity index is 172. The van der Waals surface area contributed by atoms with Gasteiger partial charge in [-0.15, -0.1) is 11.8 Å². The van der Waals surface area contributed by atoms with Gasteiger partial charge in [-0.1, -0.05) is 6.92 Å². The molecule has 0 bridgehead atoms. The van der Waals surface area contributed by atoms with Crippen molar-refractivity contribution in [2.45, 2.75) is 42.7 Å². The van der Waals surface area contributed by atoms with Crippen molar-refractivity contribution in [2.24, 2.45) is 11.7 Å². The molecule has 3 heteroatoms. The molecule has 3 atom stereocenters. The highest BCUT2D eigenvalue weighted by atomic mass is 32.2. The second kappa shape index (κ2) is 4.20. The predicted octanol–water partition coefficient (Wildman–Crippen LogP) is 1.63. The van der Waals surface area contributed by atoms with E-state index in [0.717, 1.165) is 24.4 Å². The third kappa shape index (κ3) is 2.39. The van der Waals surface area contributed by atoms with Crippen LogP contribution in [0.5, 0.6) is 0 Å². The summed E-state index contributed by atoms with van der Waals surface area (Å²) in [6, 6.07) is 0.432. The van der Waals surface area contributed by atoms with E-state index in [9.17, 15) is 0 Å². The number of nitrogens with two attached hydrogens (primary N) is 1. The first kappa shape index (κ1) is 9.81. The SMILES string of the molecule is CC1CCC(N)C(SC2COC2)C1. The Morgan fingerprint density at radius 1 is 1.31 bits per heavy atom. The van der Waals surface area contributed by atoms with Gasteiger partial charge in [0.15, 0.2) is 0 Å². The second-order valence-corrected chi connectivity index (χ2v) is 5.96. The Labute approximate surface area is 84.6 Å². The maximum Gasteiger partial charge on any atom is 0.0608 e. The molecular formula is C10H19NOS. The molecule has 1 heterocycles. The van der Waals surface area contributed by atoms with Crippen LogP contribution in [-0.2, 0) is 4.74 Å². The Morgan fingerprint density at radius 3 is 2.69 bits per heavy atom. The summed E-state index contributed by atoms with van der Waals surface area (Å²) in [4.78, 5) is 0. The van der Waals surface area contributed by atoms with E-state index in [1.54, 1.807) is 0 Å². The van der Waals surface area contributed by atoms with Gasteiger partial charge < -0.3 is 10.5 Å². The van der Waals surface area contributed by atoms with Crippen LogP contribution in [0.1, 0.15) is 26.2 Å². The fourth-order valence-electron chi connectivity index (χ4n) is 2.05. The molecule has 0 aromatic carbocycles. The van der Waals surface area contributed by atoms with Gasteiger partial charge in [-0.05, 0) is 25.2 Å². The summed E-state index contributed by atoms with van der Waals surface area (Å²) in [5, 5.41) is 1.43. The average molecular weight is 201 g/mol. The Hall–Kier alpha value is 0.270. The van der Waals surface area contributed by atoms with Gasteiger partial charge in [0.1, 0.15) is 0 Å². The largest absolute Gasteiger partial charge is 0.379 e. The lowest BCUT2D eigenvalue weighted by molar-refractivity contribution is 0.0450. The third-order valence-corrected chi connectivity index (χ3v) is 4.63. The van der Waals surface area contributed by atoms with Crippen molar-refractivity contribution in [3.05, 3.63) is 0 Å². The van der Waals surface area contributed by atoms with Gasteiger partial charge in [0.25, 0.3) is 0 Å². The van der Waals surface area contributed by atoms with Crippen LogP contribution in [0.4, 0.5) is 0 Å². The van der Waals surface area contributed by atoms with Gasteiger partial charge in [-0.3, -0.25) is 0 Å². The van der Waals surface area contributed by atoms with E-state index in [2.05, 4.69) is 18.7 Å². The molecule has 76 valence electrons. The second-order valence-electron chi connectivity index (χ2n) is 4.42. The first-order chi connectivity index (χ1) is 6.25. The van der Waals surface area contributed by atoms with Crippen LogP contribution >= 0.6 is 11.8 Å². The molecule has 2 rings (SSSR count). The van der Waals surface area contributed by atoms with Crippen LogP contribution < -0.4 is 5.73 Å². The lowest BCUT2D eigenvalue weighted by atomic mass is 9.87. The highest BCUT2D eigenvalue weighted by molar-refractivity contribution is 8.00. The van der Waals surface area contributed by atoms with E-state index in [1.807, 2.05) is 0 Å². The van der Waals surface area contributed by atoms with Crippen LogP contribution in [0, 0.1) is 5.92 Å². The Kier molecular flexibility index (Phi) is 3.17. The van der Waals surface area contributed by atoms with Crippen molar-refractivity contribution in [1.29, 1.82) is 0 Å². The molecule has 2 N–H and O–H groups in total. The molecule has 1 aliphatic carbocycles. The van der Waals surface area contributed by atoms with E-state index in [0.29, 0.717) is 11.3 Å². The minimum absolute atomic E-state index is 0.432. The fraction of sp³-hybridized carbons (Fsp3) is 1.00. The molecule has 1 aliphatic heterocycles. The zero-order chi connectivity index (χ0) is 9.26. The Balaban J connectivity index is 1.80. The maximum absolute atomic E-state index is 6.11. The standard InChI is InChI=1S/C10H19NOS/c1-7-2-3-9(11)10(4-7)13-8-5-12-6-8/h7-10H,2-6,11H2,1H3. The molecule has 0 amide bonds. The number of thioether (sulfide) groups is 1. The third-order valence-electron chi connectivity index (χ3n) is 3.08. The predicted molar refractivity (Wildman–Crippen MR) is 57.0 cm³/mol. The van der Waals surface area contributed by atoms with E-state index in [4.69, 9.17) is 10.5 Å². The van der Waals surface area contributed by atoms with E-state index in [-0.39, 0.29) is 0 Å². The Morgan fingerprint density at radius 2 is 2.08 bits per heavy atom. The van der Waals surface area contributed by atoms with Gasteiger partial charge in [0.05, 0.1) is 18.5 Å². The van der Waals surface area contributed by atoms with E-state index >= 15 is 0 Å². The van der Waals surface area contributed by atoms with Crippen molar-refractivity contribution in [1.82, 2.24) is 0 Å². The summed E-state index contributed by atoms with van der Waals surface area (Å²) >= 11 is 2.07. The highest BCUT2D eigenvalue weighted by Gasteiger charge is 2.31. The summed E-state index contributed by atoms with van der Waals surface area (Å²) in [6.45, 7) is 4.24. The van der Waals surface area contributed by atoms with Crippen molar-refractivity contribution >= 4 is 11.8 Å². The molecular weight excluding hydrogens is 182 g/mol. The van der Waals surface area contributed by atoms with Crippen molar-refractivity contribution in [3.8, 4) is 0 Å². The van der Waals surface area contributed by atoms with Gasteiger partial charge in [0.2, 0.25) is 0 Å². The fourth-order valence-corrected chi connectivity index (χ4v) is 3.67. The molecule has 1 saturated carbocycles. The quantitative estimate of drug-likeness (QED) is 0.737. The normalized spacial score (nSPS) is 41.5. The zero-order valence-electron chi connectivity index (χ0n) is 8.24. The first-order valence-electron chi connectivity index (χ1n) is 5.24. The van der Waals surface area contributed by atoms with Crippen LogP contribution in [0.15, 0.2) is 0 Å². The van der Waals surface area contributed by atoms with Gasteiger partial charge in [0, 0.05) is 11.3 Å². The van der Waals surface area contributed by atoms with Crippen LogP contribution in [0.2, 0.25) is 0 Å². The summed E-state index contributed by atoms with van der Waals surface area (Å²) < 4.78 is 5.18. The summed E-state index contributed by atoms with van der Waals surface area (Å²) in [5.74, 6) is 0.873. The van der Waals surface area contributed by atoms with Gasteiger partial charge in [-0.25, -0.2) is 0 Å². The number of hydrogen-bond donors (Lipinski definition) is 1. The minimum atomic E-state index is 0.432. The van der Waals surface area contributed by atoms with E-state index in [1.165, 1.54) is 19.3 Å². The molecule has 13 heavy (non-hydrogen) atoms. The van der Waals surface area contributed by atoms with Crippen molar-refractivity contribution in [3.63, 3.8) is 0 Å². The first-order valence-corrected chi connectivity index (χ1v) is 6.19. The zero-order valence-corrected chi connectivity index (χ0v) is 9.06. The molecule has 0 spiro atoms. The molecule has 0 aromatic heterocycles. The van der Waals surface area contributed by atoms with Gasteiger partial charge >= 0.3 is 0 Å². The molecule has 1 saturated heterocycles. The van der Waals surface area contributed by atoms with Gasteiger partial charge in [-0.2, -0.15) is 0 Å². The number of ether oxygens (including phenoxy) is 1. The van der Waals surface area contributed by atoms with Crippen LogP contribution in [-0.4, -0.2) is 29.8 Å². The monoisotopic (exact) mass is 201 g/mol.